The lowest BCUT2D eigenvalue weighted by atomic mass is 9.88. The molecule has 2 heterocycles. The molecule has 1 aromatic rings. The molecule has 0 saturated carbocycles. The molecule has 1 aromatic carbocycles. The summed E-state index contributed by atoms with van der Waals surface area (Å²) >= 11 is 0. The topological polar surface area (TPSA) is 44.8 Å². The fraction of sp³-hybridized carbons (Fsp3) is 0.632. The van der Waals surface area contributed by atoms with Crippen molar-refractivity contribution in [1.82, 2.24) is 15.1 Å². The molecule has 2 amide bonds. The highest BCUT2D eigenvalue weighted by atomic mass is 16.5. The molecule has 0 aromatic heterocycles. The van der Waals surface area contributed by atoms with Gasteiger partial charge in [-0.05, 0) is 24.4 Å². The number of ether oxygens (including phenoxy) is 1. The summed E-state index contributed by atoms with van der Waals surface area (Å²) < 4.78 is 5.26. The van der Waals surface area contributed by atoms with Gasteiger partial charge in [0.25, 0.3) is 0 Å². The highest BCUT2D eigenvalue weighted by Crippen LogP contribution is 2.27. The van der Waals surface area contributed by atoms with Crippen LogP contribution < -0.4 is 5.32 Å². The molecular weight excluding hydrogens is 302 g/mol. The summed E-state index contributed by atoms with van der Waals surface area (Å²) in [4.78, 5) is 16.5. The lowest BCUT2D eigenvalue weighted by molar-refractivity contribution is -0.108. The average Bonchev–Trinajstić information content (AvgIpc) is 2.99. The highest BCUT2D eigenvalue weighted by molar-refractivity contribution is 5.73. The van der Waals surface area contributed by atoms with Gasteiger partial charge in [0.05, 0.1) is 13.2 Å². The predicted molar refractivity (Wildman–Crippen MR) is 94.8 cm³/mol. The van der Waals surface area contributed by atoms with Gasteiger partial charge in [0, 0.05) is 38.6 Å². The third-order valence-electron chi connectivity index (χ3n) is 5.03. The van der Waals surface area contributed by atoms with Crippen molar-refractivity contribution in [3.63, 3.8) is 0 Å². The lowest BCUT2D eigenvalue weighted by Gasteiger charge is -2.40. The first kappa shape index (κ1) is 17.2. The molecular formula is C19H29N3O2. The Kier molecular flexibility index (Phi) is 5.41. The zero-order valence-corrected chi connectivity index (χ0v) is 14.8. The summed E-state index contributed by atoms with van der Waals surface area (Å²) in [6.07, 6.45) is 1.16. The first-order valence-electron chi connectivity index (χ1n) is 8.87. The Labute approximate surface area is 145 Å². The fourth-order valence-electron chi connectivity index (χ4n) is 3.62. The molecule has 0 radical (unpaired) electrons. The van der Waals surface area contributed by atoms with Crippen LogP contribution in [0, 0.1) is 11.3 Å². The zero-order chi connectivity index (χ0) is 17.0. The second kappa shape index (κ2) is 7.53. The molecule has 2 fully saturated rings. The number of likely N-dealkylation sites (tertiary alicyclic amines) is 1. The minimum absolute atomic E-state index is 0.0321. The van der Waals surface area contributed by atoms with Crippen LogP contribution in [0.2, 0.25) is 0 Å². The van der Waals surface area contributed by atoms with Gasteiger partial charge in [0.2, 0.25) is 0 Å². The maximum atomic E-state index is 12.3. The van der Waals surface area contributed by atoms with Crippen LogP contribution in [-0.2, 0) is 11.3 Å². The van der Waals surface area contributed by atoms with E-state index in [0.717, 1.165) is 52.4 Å². The van der Waals surface area contributed by atoms with Crippen molar-refractivity contribution in [2.24, 2.45) is 11.3 Å². The first-order valence-corrected chi connectivity index (χ1v) is 8.87. The van der Waals surface area contributed by atoms with E-state index < -0.39 is 0 Å². The molecule has 24 heavy (non-hydrogen) atoms. The number of urea groups is 1. The number of benzene rings is 1. The van der Waals surface area contributed by atoms with Crippen LogP contribution in [0.1, 0.15) is 18.9 Å². The van der Waals surface area contributed by atoms with Crippen molar-refractivity contribution in [3.8, 4) is 0 Å². The largest absolute Gasteiger partial charge is 0.380 e. The van der Waals surface area contributed by atoms with Crippen LogP contribution in [-0.4, -0.2) is 62.3 Å². The number of nitrogens with zero attached hydrogens (tertiary/aromatic N) is 2. The minimum atomic E-state index is 0.0321. The third kappa shape index (κ3) is 4.48. The van der Waals surface area contributed by atoms with Gasteiger partial charge in [-0.2, -0.15) is 0 Å². The smallest absolute Gasteiger partial charge is 0.317 e. The van der Waals surface area contributed by atoms with Crippen LogP contribution in [0.15, 0.2) is 30.3 Å². The Bertz CT molecular complexity index is 545. The number of hydrogen-bond donors (Lipinski definition) is 1. The van der Waals surface area contributed by atoms with E-state index >= 15 is 0 Å². The summed E-state index contributed by atoms with van der Waals surface area (Å²) in [5.74, 6) is 0.550. The molecule has 0 unspecified atom stereocenters. The maximum absolute atomic E-state index is 12.3. The molecule has 132 valence electrons. The Morgan fingerprint density at radius 3 is 2.79 bits per heavy atom. The Morgan fingerprint density at radius 2 is 2.12 bits per heavy atom. The molecule has 0 aliphatic carbocycles. The van der Waals surface area contributed by atoms with Crippen LogP contribution in [0.25, 0.3) is 0 Å². The van der Waals surface area contributed by atoms with Gasteiger partial charge < -0.3 is 15.0 Å². The van der Waals surface area contributed by atoms with Crippen LogP contribution in [0.4, 0.5) is 4.79 Å². The van der Waals surface area contributed by atoms with Crippen molar-refractivity contribution in [3.05, 3.63) is 35.9 Å². The molecule has 0 spiro atoms. The second-order valence-electron chi connectivity index (χ2n) is 7.72. The Balaban J connectivity index is 1.37. The van der Waals surface area contributed by atoms with E-state index in [1.54, 1.807) is 4.90 Å². The van der Waals surface area contributed by atoms with Crippen molar-refractivity contribution in [2.45, 2.75) is 19.9 Å². The van der Waals surface area contributed by atoms with Crippen LogP contribution in [0.3, 0.4) is 0 Å². The molecule has 1 N–H and O–H groups in total. The van der Waals surface area contributed by atoms with Gasteiger partial charge in [-0.25, -0.2) is 4.79 Å². The molecule has 5 nitrogen and oxygen atoms in total. The van der Waals surface area contributed by atoms with Gasteiger partial charge in [-0.3, -0.25) is 4.90 Å². The van der Waals surface area contributed by atoms with E-state index in [2.05, 4.69) is 47.5 Å². The number of carbonyl (C=O) groups excluding carboxylic acids is 1. The van der Waals surface area contributed by atoms with Gasteiger partial charge in [-0.15, -0.1) is 0 Å². The second-order valence-corrected chi connectivity index (χ2v) is 7.72. The summed E-state index contributed by atoms with van der Waals surface area (Å²) in [7, 11) is 1.87. The van der Waals surface area contributed by atoms with Crippen molar-refractivity contribution < 1.29 is 9.53 Å². The SMILES string of the molecule is CN(CC1(C)COC1)C(=O)NC[C@H]1CCN(Cc2ccccc2)C1. The minimum Gasteiger partial charge on any atom is -0.380 e. The molecule has 5 heteroatoms. The van der Waals surface area contributed by atoms with Crippen molar-refractivity contribution in [1.29, 1.82) is 0 Å². The van der Waals surface area contributed by atoms with Gasteiger partial charge in [0.15, 0.2) is 0 Å². The number of hydrogen-bond acceptors (Lipinski definition) is 3. The summed E-state index contributed by atoms with van der Waals surface area (Å²) in [6, 6.07) is 10.6. The molecule has 2 aliphatic heterocycles. The van der Waals surface area contributed by atoms with E-state index in [1.807, 2.05) is 7.05 Å². The monoisotopic (exact) mass is 331 g/mol. The van der Waals surface area contributed by atoms with E-state index in [-0.39, 0.29) is 11.4 Å². The Morgan fingerprint density at radius 1 is 1.38 bits per heavy atom. The van der Waals surface area contributed by atoms with Gasteiger partial charge in [-0.1, -0.05) is 37.3 Å². The molecule has 2 aliphatic rings. The van der Waals surface area contributed by atoms with Gasteiger partial charge in [0.1, 0.15) is 0 Å². The van der Waals surface area contributed by atoms with E-state index in [1.165, 1.54) is 5.56 Å². The quantitative estimate of drug-likeness (QED) is 0.869. The standard InChI is InChI=1S/C19H29N3O2/c1-19(14-24-15-19)13-21(2)18(23)20-10-17-8-9-22(12-17)11-16-6-4-3-5-7-16/h3-7,17H,8-15H2,1-2H3,(H,20,23)/t17-/m1/s1. The summed E-state index contributed by atoms with van der Waals surface area (Å²) in [5, 5.41) is 3.10. The molecule has 0 bridgehead atoms. The molecule has 2 saturated heterocycles. The third-order valence-corrected chi connectivity index (χ3v) is 5.03. The van der Waals surface area contributed by atoms with E-state index in [4.69, 9.17) is 4.74 Å². The summed E-state index contributed by atoms with van der Waals surface area (Å²) in [5.41, 5.74) is 1.49. The number of rotatable bonds is 6. The van der Waals surface area contributed by atoms with Crippen LogP contribution in [0.5, 0.6) is 0 Å². The zero-order valence-electron chi connectivity index (χ0n) is 14.8. The molecule has 1 atom stereocenters. The number of nitrogens with one attached hydrogen (secondary N) is 1. The summed E-state index contributed by atoms with van der Waals surface area (Å²) in [6.45, 7) is 8.36. The van der Waals surface area contributed by atoms with Crippen molar-refractivity contribution in [2.75, 3.05) is 46.4 Å². The maximum Gasteiger partial charge on any atom is 0.317 e. The Hall–Kier alpha value is -1.59. The van der Waals surface area contributed by atoms with E-state index in [9.17, 15) is 4.79 Å². The molecule has 3 rings (SSSR count). The van der Waals surface area contributed by atoms with Crippen LogP contribution >= 0.6 is 0 Å². The van der Waals surface area contributed by atoms with Crippen molar-refractivity contribution >= 4 is 6.03 Å². The fourth-order valence-corrected chi connectivity index (χ4v) is 3.62. The average molecular weight is 331 g/mol. The van der Waals surface area contributed by atoms with E-state index in [0.29, 0.717) is 5.92 Å². The number of amides is 2. The normalized spacial score (nSPS) is 22.8. The number of carbonyl (C=O) groups is 1. The predicted octanol–water partition coefficient (Wildman–Crippen LogP) is 2.19. The van der Waals surface area contributed by atoms with Gasteiger partial charge >= 0.3 is 6.03 Å². The highest BCUT2D eigenvalue weighted by Gasteiger charge is 2.35. The lowest BCUT2D eigenvalue weighted by Crippen LogP contribution is -2.51. The first-order chi connectivity index (χ1) is 11.5.